The molecular formula is C18H14F4N2O3S2. The van der Waals surface area contributed by atoms with Crippen LogP contribution in [0.25, 0.3) is 10.6 Å². The first-order chi connectivity index (χ1) is 13.8. The first-order valence-corrected chi connectivity index (χ1v) is 10.2. The van der Waals surface area contributed by atoms with Crippen molar-refractivity contribution in [3.63, 3.8) is 0 Å². The third-order valence-corrected chi connectivity index (χ3v) is 5.27. The number of thioether (sulfide) groups is 1. The largest absolute Gasteiger partial charge is 0.482 e. The lowest BCUT2D eigenvalue weighted by atomic mass is 10.3. The van der Waals surface area contributed by atoms with Gasteiger partial charge in [0, 0.05) is 17.9 Å². The van der Waals surface area contributed by atoms with Crippen molar-refractivity contribution >= 4 is 34.7 Å². The van der Waals surface area contributed by atoms with Gasteiger partial charge in [0.25, 0.3) is 0 Å². The summed E-state index contributed by atoms with van der Waals surface area (Å²) in [5.74, 6) is -0.585. The summed E-state index contributed by atoms with van der Waals surface area (Å²) in [6.45, 7) is -1.59. The van der Waals surface area contributed by atoms with E-state index in [1.54, 1.807) is 6.07 Å². The number of halogens is 4. The van der Waals surface area contributed by atoms with Crippen molar-refractivity contribution in [3.05, 3.63) is 53.3 Å². The third-order valence-electron chi connectivity index (χ3n) is 3.42. The first kappa shape index (κ1) is 21.2. The molecule has 2 aromatic heterocycles. The van der Waals surface area contributed by atoms with Gasteiger partial charge in [-0.15, -0.1) is 23.1 Å². The maximum Gasteiger partial charge on any atom is 0.422 e. The predicted octanol–water partition coefficient (Wildman–Crippen LogP) is 5.36. The van der Waals surface area contributed by atoms with Crippen molar-refractivity contribution in [1.82, 2.24) is 5.16 Å². The van der Waals surface area contributed by atoms with Gasteiger partial charge in [0.05, 0.1) is 22.0 Å². The van der Waals surface area contributed by atoms with Crippen LogP contribution in [0.15, 0.2) is 46.3 Å². The molecule has 0 aliphatic carbocycles. The summed E-state index contributed by atoms with van der Waals surface area (Å²) in [5, 5.41) is 8.28. The zero-order valence-corrected chi connectivity index (χ0v) is 16.3. The Morgan fingerprint density at radius 2 is 2.10 bits per heavy atom. The standard InChI is InChI=1S/C18H14F4N2O3S2/c19-11-3-4-13(14(6-11)26-10-18(20,21)22)23-17(25)9-28-8-12-7-15(27-24-12)16-2-1-5-29-16/h1-7H,8-10H2,(H,23,25). The average molecular weight is 446 g/mol. The minimum absolute atomic E-state index is 0.0112. The zero-order chi connectivity index (χ0) is 20.9. The second-order valence-electron chi connectivity index (χ2n) is 5.75. The molecule has 0 atom stereocenters. The summed E-state index contributed by atoms with van der Waals surface area (Å²) in [6.07, 6.45) is -4.58. The Morgan fingerprint density at radius 3 is 2.83 bits per heavy atom. The van der Waals surface area contributed by atoms with Crippen molar-refractivity contribution in [2.45, 2.75) is 11.9 Å². The fraction of sp³-hybridized carbons (Fsp3) is 0.222. The zero-order valence-electron chi connectivity index (χ0n) is 14.7. The molecule has 3 aromatic rings. The molecule has 11 heteroatoms. The Labute approximate surface area is 171 Å². The summed E-state index contributed by atoms with van der Waals surface area (Å²) in [4.78, 5) is 13.0. The third kappa shape index (κ3) is 6.50. The van der Waals surface area contributed by atoms with Crippen molar-refractivity contribution < 1.29 is 31.6 Å². The first-order valence-electron chi connectivity index (χ1n) is 8.16. The molecule has 154 valence electrons. The highest BCUT2D eigenvalue weighted by atomic mass is 32.2. The highest BCUT2D eigenvalue weighted by Crippen LogP contribution is 2.29. The number of aromatic nitrogens is 1. The minimum Gasteiger partial charge on any atom is -0.482 e. The molecule has 0 saturated heterocycles. The van der Waals surface area contributed by atoms with Crippen molar-refractivity contribution in [3.8, 4) is 16.4 Å². The predicted molar refractivity (Wildman–Crippen MR) is 103 cm³/mol. The van der Waals surface area contributed by atoms with Crippen molar-refractivity contribution in [1.29, 1.82) is 0 Å². The number of anilines is 1. The lowest BCUT2D eigenvalue weighted by Crippen LogP contribution is -2.21. The molecule has 0 radical (unpaired) electrons. The van der Waals surface area contributed by atoms with Gasteiger partial charge in [-0.05, 0) is 23.6 Å². The van der Waals surface area contributed by atoms with Crippen LogP contribution in [0, 0.1) is 5.82 Å². The number of nitrogens with zero attached hydrogens (tertiary/aromatic N) is 1. The van der Waals surface area contributed by atoms with Gasteiger partial charge < -0.3 is 14.6 Å². The topological polar surface area (TPSA) is 64.4 Å². The molecule has 5 nitrogen and oxygen atoms in total. The Morgan fingerprint density at radius 1 is 1.28 bits per heavy atom. The van der Waals surface area contributed by atoms with Gasteiger partial charge in [-0.25, -0.2) is 4.39 Å². The number of rotatable bonds is 8. The van der Waals surface area contributed by atoms with Crippen LogP contribution in [0.2, 0.25) is 0 Å². The molecule has 0 aliphatic heterocycles. The van der Waals surface area contributed by atoms with Crippen LogP contribution < -0.4 is 10.1 Å². The van der Waals surface area contributed by atoms with E-state index in [2.05, 4.69) is 15.2 Å². The van der Waals surface area contributed by atoms with E-state index in [1.807, 2.05) is 17.5 Å². The van der Waals surface area contributed by atoms with Crippen LogP contribution in [0.4, 0.5) is 23.2 Å². The number of benzene rings is 1. The second kappa shape index (κ2) is 9.31. The van der Waals surface area contributed by atoms with Gasteiger partial charge in [-0.1, -0.05) is 11.2 Å². The van der Waals surface area contributed by atoms with E-state index in [4.69, 9.17) is 4.52 Å². The van der Waals surface area contributed by atoms with E-state index in [9.17, 15) is 22.4 Å². The fourth-order valence-corrected chi connectivity index (χ4v) is 3.61. The van der Waals surface area contributed by atoms with Crippen LogP contribution in [0.3, 0.4) is 0 Å². The number of nitrogens with one attached hydrogen (secondary N) is 1. The van der Waals surface area contributed by atoms with Crippen LogP contribution in [0.5, 0.6) is 5.75 Å². The van der Waals surface area contributed by atoms with E-state index in [-0.39, 0.29) is 11.4 Å². The Bertz CT molecular complexity index is 958. The number of hydrogen-bond acceptors (Lipinski definition) is 6. The van der Waals surface area contributed by atoms with Gasteiger partial charge in [0.15, 0.2) is 12.4 Å². The second-order valence-corrected chi connectivity index (χ2v) is 7.68. The number of carbonyl (C=O) groups excluding carboxylic acids is 1. The smallest absolute Gasteiger partial charge is 0.422 e. The molecule has 1 N–H and O–H groups in total. The highest BCUT2D eigenvalue weighted by Gasteiger charge is 2.29. The maximum absolute atomic E-state index is 13.3. The number of thiophene rings is 1. The number of carbonyl (C=O) groups is 1. The van der Waals surface area contributed by atoms with E-state index in [1.165, 1.54) is 23.1 Å². The summed E-state index contributed by atoms with van der Waals surface area (Å²) in [6, 6.07) is 8.52. The Balaban J connectivity index is 1.52. The number of amides is 1. The molecule has 3 rings (SSSR count). The summed E-state index contributed by atoms with van der Waals surface area (Å²) in [5.41, 5.74) is 0.616. The highest BCUT2D eigenvalue weighted by molar-refractivity contribution is 7.99. The number of hydrogen-bond donors (Lipinski definition) is 1. The van der Waals surface area contributed by atoms with Gasteiger partial charge in [0.2, 0.25) is 5.91 Å². The molecule has 0 spiro atoms. The number of ether oxygens (including phenoxy) is 1. The van der Waals surface area contributed by atoms with Crippen LogP contribution in [-0.4, -0.2) is 29.6 Å². The molecule has 0 fully saturated rings. The normalized spacial score (nSPS) is 11.4. The van der Waals surface area contributed by atoms with Gasteiger partial charge in [0.1, 0.15) is 11.6 Å². The van der Waals surface area contributed by atoms with Crippen LogP contribution >= 0.6 is 23.1 Å². The minimum atomic E-state index is -4.58. The average Bonchev–Trinajstić information content (AvgIpc) is 3.32. The summed E-state index contributed by atoms with van der Waals surface area (Å²) >= 11 is 2.76. The molecular weight excluding hydrogens is 432 g/mol. The molecule has 1 amide bonds. The summed E-state index contributed by atoms with van der Waals surface area (Å²) < 4.78 is 60.1. The monoisotopic (exact) mass is 446 g/mol. The maximum atomic E-state index is 13.3. The van der Waals surface area contributed by atoms with E-state index >= 15 is 0 Å². The molecule has 1 aromatic carbocycles. The van der Waals surface area contributed by atoms with Gasteiger partial charge in [-0.2, -0.15) is 13.2 Å². The summed E-state index contributed by atoms with van der Waals surface area (Å²) in [7, 11) is 0. The van der Waals surface area contributed by atoms with E-state index < -0.39 is 30.3 Å². The Hall–Kier alpha value is -2.53. The van der Waals surface area contributed by atoms with Crippen molar-refractivity contribution in [2.75, 3.05) is 17.7 Å². The van der Waals surface area contributed by atoms with Gasteiger partial charge >= 0.3 is 6.18 Å². The SMILES string of the molecule is O=C(CSCc1cc(-c2cccs2)on1)Nc1ccc(F)cc1OCC(F)(F)F. The molecule has 0 saturated carbocycles. The number of alkyl halides is 3. The van der Waals surface area contributed by atoms with E-state index in [0.29, 0.717) is 17.2 Å². The van der Waals surface area contributed by atoms with E-state index in [0.717, 1.165) is 23.1 Å². The fourth-order valence-electron chi connectivity index (χ4n) is 2.23. The molecule has 0 bridgehead atoms. The molecule has 29 heavy (non-hydrogen) atoms. The quantitative estimate of drug-likeness (QED) is 0.472. The van der Waals surface area contributed by atoms with Crippen LogP contribution in [-0.2, 0) is 10.5 Å². The molecule has 0 unspecified atom stereocenters. The molecule has 0 aliphatic rings. The van der Waals surface area contributed by atoms with Gasteiger partial charge in [-0.3, -0.25) is 4.79 Å². The Kier molecular flexibility index (Phi) is 6.80. The lowest BCUT2D eigenvalue weighted by molar-refractivity contribution is -0.153. The molecule has 2 heterocycles. The van der Waals surface area contributed by atoms with Crippen LogP contribution in [0.1, 0.15) is 5.69 Å². The lowest BCUT2D eigenvalue weighted by Gasteiger charge is -2.14. The van der Waals surface area contributed by atoms with Crippen molar-refractivity contribution in [2.24, 2.45) is 0 Å².